The molecule has 0 spiro atoms. The minimum atomic E-state index is -0.187. The predicted molar refractivity (Wildman–Crippen MR) is 103 cm³/mol. The summed E-state index contributed by atoms with van der Waals surface area (Å²) in [6, 6.07) is 17.6. The lowest BCUT2D eigenvalue weighted by Crippen LogP contribution is -2.32. The number of anilines is 1. The van der Waals surface area contributed by atoms with E-state index in [2.05, 4.69) is 37.5 Å². The molecule has 0 aromatic heterocycles. The Morgan fingerprint density at radius 1 is 0.957 bits per heavy atom. The van der Waals surface area contributed by atoms with E-state index in [1.807, 2.05) is 55.5 Å². The highest BCUT2D eigenvalue weighted by atomic mass is 32.1. The van der Waals surface area contributed by atoms with E-state index in [0.717, 1.165) is 16.8 Å². The van der Waals surface area contributed by atoms with E-state index in [1.165, 1.54) is 0 Å². The molecular weight excluding hydrogens is 304 g/mol. The molecule has 2 aromatic carbocycles. The molecule has 1 atom stereocenters. The summed E-state index contributed by atoms with van der Waals surface area (Å²) in [5.74, 6) is 0. The maximum atomic E-state index is 12.3. The van der Waals surface area contributed by atoms with Crippen molar-refractivity contribution in [1.82, 2.24) is 5.32 Å². The Kier molecular flexibility index (Phi) is 6.70. The van der Waals surface area contributed by atoms with Crippen molar-refractivity contribution in [1.29, 1.82) is 0 Å². The molecule has 0 heterocycles. The Balaban J connectivity index is 0.00000264. The van der Waals surface area contributed by atoms with Gasteiger partial charge in [-0.1, -0.05) is 69.3 Å². The van der Waals surface area contributed by atoms with Crippen LogP contribution in [0.15, 0.2) is 54.6 Å². The summed E-state index contributed by atoms with van der Waals surface area (Å²) in [5, 5.41) is 5.94. The van der Waals surface area contributed by atoms with Crippen molar-refractivity contribution in [2.24, 2.45) is 0 Å². The van der Waals surface area contributed by atoms with Crippen molar-refractivity contribution in [2.75, 3.05) is 5.32 Å². The Morgan fingerprint density at radius 2 is 1.52 bits per heavy atom. The first-order valence-electron chi connectivity index (χ1n) is 7.60. The number of carbonyl (C=O) groups excluding carboxylic acids is 1. The molecule has 4 heteroatoms. The second-order valence-corrected chi connectivity index (χ2v) is 6.53. The van der Waals surface area contributed by atoms with E-state index < -0.39 is 0 Å². The smallest absolute Gasteiger partial charge is 0.319 e. The summed E-state index contributed by atoms with van der Waals surface area (Å²) in [6.45, 7) is 8.39. The molecule has 0 aliphatic carbocycles. The fourth-order valence-corrected chi connectivity index (χ4v) is 2.43. The fourth-order valence-electron chi connectivity index (χ4n) is 2.43. The number of urea groups is 1. The number of benzene rings is 2. The molecule has 0 unspecified atom stereocenters. The van der Waals surface area contributed by atoms with E-state index in [1.54, 1.807) is 0 Å². The summed E-state index contributed by atoms with van der Waals surface area (Å²) in [6.07, 6.45) is 0. The predicted octanol–water partition coefficient (Wildman–Crippen LogP) is 4.98. The molecule has 2 rings (SSSR count). The van der Waals surface area contributed by atoms with E-state index in [-0.39, 0.29) is 31.0 Å². The molecule has 0 aliphatic heterocycles. The first kappa shape index (κ1) is 19.1. The van der Waals surface area contributed by atoms with Crippen LogP contribution in [0, 0.1) is 0 Å². The van der Waals surface area contributed by atoms with Crippen LogP contribution < -0.4 is 10.6 Å². The van der Waals surface area contributed by atoms with Crippen LogP contribution in [0.4, 0.5) is 10.5 Å². The van der Waals surface area contributed by atoms with Crippen LogP contribution in [-0.2, 0) is 5.41 Å². The van der Waals surface area contributed by atoms with Crippen LogP contribution >= 0.6 is 13.5 Å². The Hall–Kier alpha value is -1.94. The minimum absolute atomic E-state index is 0. The first-order valence-corrected chi connectivity index (χ1v) is 7.60. The second kappa shape index (κ2) is 8.06. The summed E-state index contributed by atoms with van der Waals surface area (Å²) in [5.41, 5.74) is 3.04. The van der Waals surface area contributed by atoms with Crippen molar-refractivity contribution in [3.63, 3.8) is 0 Å². The van der Waals surface area contributed by atoms with Crippen LogP contribution in [0.25, 0.3) is 0 Å². The van der Waals surface area contributed by atoms with Crippen molar-refractivity contribution < 1.29 is 4.79 Å². The van der Waals surface area contributed by atoms with Crippen LogP contribution in [0.5, 0.6) is 0 Å². The van der Waals surface area contributed by atoms with Gasteiger partial charge in [-0.15, -0.1) is 0 Å². The monoisotopic (exact) mass is 330 g/mol. The Bertz CT molecular complexity index is 635. The summed E-state index contributed by atoms with van der Waals surface area (Å²) >= 11 is 0. The minimum Gasteiger partial charge on any atom is -0.331 e. The maximum Gasteiger partial charge on any atom is 0.319 e. The third-order valence-corrected chi connectivity index (χ3v) is 3.63. The lowest BCUT2D eigenvalue weighted by molar-refractivity contribution is 0.249. The quantitative estimate of drug-likeness (QED) is 0.819. The average molecular weight is 330 g/mol. The number of rotatable bonds is 3. The van der Waals surface area contributed by atoms with Crippen molar-refractivity contribution in [2.45, 2.75) is 39.2 Å². The second-order valence-electron chi connectivity index (χ2n) is 6.53. The maximum absolute atomic E-state index is 12.3. The number of para-hydroxylation sites is 1. The van der Waals surface area contributed by atoms with Crippen LogP contribution in [0.3, 0.4) is 0 Å². The molecular formula is C19H26N2OS. The van der Waals surface area contributed by atoms with Crippen LogP contribution in [0.2, 0.25) is 0 Å². The zero-order valence-corrected chi connectivity index (χ0v) is 15.2. The normalized spacial score (nSPS) is 12.0. The number of hydrogen-bond acceptors (Lipinski definition) is 1. The summed E-state index contributed by atoms with van der Waals surface area (Å²) in [7, 11) is 0. The van der Waals surface area contributed by atoms with E-state index in [0.29, 0.717) is 0 Å². The number of carbonyl (C=O) groups is 1. The fraction of sp³-hybridized carbons (Fsp3) is 0.316. The molecule has 0 saturated heterocycles. The Morgan fingerprint density at radius 3 is 2.13 bits per heavy atom. The largest absolute Gasteiger partial charge is 0.331 e. The summed E-state index contributed by atoms with van der Waals surface area (Å²) < 4.78 is 0. The van der Waals surface area contributed by atoms with Gasteiger partial charge in [0.15, 0.2) is 0 Å². The van der Waals surface area contributed by atoms with Crippen molar-refractivity contribution in [3.05, 3.63) is 65.7 Å². The average Bonchev–Trinajstić information content (AvgIpc) is 2.47. The van der Waals surface area contributed by atoms with Gasteiger partial charge in [0.25, 0.3) is 0 Å². The molecule has 0 bridgehead atoms. The van der Waals surface area contributed by atoms with E-state index >= 15 is 0 Å². The topological polar surface area (TPSA) is 41.1 Å². The highest BCUT2D eigenvalue weighted by Crippen LogP contribution is 2.29. The van der Waals surface area contributed by atoms with Gasteiger partial charge in [0.1, 0.15) is 0 Å². The van der Waals surface area contributed by atoms with Gasteiger partial charge >= 0.3 is 6.03 Å². The molecule has 0 fully saturated rings. The van der Waals surface area contributed by atoms with Gasteiger partial charge in [-0.2, -0.15) is 13.5 Å². The van der Waals surface area contributed by atoms with Gasteiger partial charge in [-0.05, 0) is 29.5 Å². The molecule has 2 N–H and O–H groups in total. The van der Waals surface area contributed by atoms with Gasteiger partial charge in [0.2, 0.25) is 0 Å². The van der Waals surface area contributed by atoms with E-state index in [9.17, 15) is 4.79 Å². The molecule has 124 valence electrons. The third-order valence-electron chi connectivity index (χ3n) is 3.63. The molecule has 2 aromatic rings. The third kappa shape index (κ3) is 5.32. The van der Waals surface area contributed by atoms with Gasteiger partial charge < -0.3 is 10.6 Å². The number of amides is 2. The number of nitrogens with one attached hydrogen (secondary N) is 2. The Labute approximate surface area is 145 Å². The van der Waals surface area contributed by atoms with Gasteiger partial charge in [-0.25, -0.2) is 4.79 Å². The zero-order chi connectivity index (χ0) is 16.2. The van der Waals surface area contributed by atoms with Gasteiger partial charge in [-0.3, -0.25) is 0 Å². The zero-order valence-electron chi connectivity index (χ0n) is 14.2. The molecule has 0 radical (unpaired) electrons. The number of hydrogen-bond donors (Lipinski definition) is 2. The molecule has 3 nitrogen and oxygen atoms in total. The van der Waals surface area contributed by atoms with E-state index in [4.69, 9.17) is 0 Å². The van der Waals surface area contributed by atoms with Crippen LogP contribution in [-0.4, -0.2) is 6.03 Å². The SMILES string of the molecule is C[C@H](NC(=O)Nc1ccccc1C(C)(C)C)c1ccccc1.S. The first-order chi connectivity index (χ1) is 10.4. The summed E-state index contributed by atoms with van der Waals surface area (Å²) in [4.78, 5) is 12.3. The van der Waals surface area contributed by atoms with Gasteiger partial charge in [0, 0.05) is 5.69 Å². The van der Waals surface area contributed by atoms with Crippen molar-refractivity contribution in [3.8, 4) is 0 Å². The molecule has 0 saturated carbocycles. The van der Waals surface area contributed by atoms with Crippen LogP contribution in [0.1, 0.15) is 44.9 Å². The highest BCUT2D eigenvalue weighted by Gasteiger charge is 2.19. The highest BCUT2D eigenvalue weighted by molar-refractivity contribution is 7.59. The lowest BCUT2D eigenvalue weighted by Gasteiger charge is -2.23. The molecule has 0 aliphatic rings. The molecule has 2 amide bonds. The lowest BCUT2D eigenvalue weighted by atomic mass is 9.86. The van der Waals surface area contributed by atoms with Crippen molar-refractivity contribution >= 4 is 25.2 Å². The molecule has 23 heavy (non-hydrogen) atoms. The standard InChI is InChI=1S/C19H24N2O.H2S/c1-14(15-10-6-5-7-11-15)20-18(22)21-17-13-9-8-12-16(17)19(2,3)4;/h5-14H,1-4H3,(H2,20,21,22);1H2/t14-;/m0./s1. The van der Waals surface area contributed by atoms with Gasteiger partial charge in [0.05, 0.1) is 6.04 Å².